The Morgan fingerprint density at radius 2 is 1.91 bits per heavy atom. The molecular formula is C9H15NO. The van der Waals surface area contributed by atoms with Crippen LogP contribution >= 0.6 is 0 Å². The largest absolute Gasteiger partial charge is 0.355 e. The van der Waals surface area contributed by atoms with E-state index < -0.39 is 0 Å². The summed E-state index contributed by atoms with van der Waals surface area (Å²) in [6, 6.07) is 0. The molecule has 0 aromatic carbocycles. The second-order valence-electron chi connectivity index (χ2n) is 2.49. The topological polar surface area (TPSA) is 29.1 Å². The summed E-state index contributed by atoms with van der Waals surface area (Å²) < 4.78 is 0. The molecule has 11 heavy (non-hydrogen) atoms. The minimum absolute atomic E-state index is 0.0249. The van der Waals surface area contributed by atoms with E-state index in [4.69, 9.17) is 0 Å². The molecule has 2 nitrogen and oxygen atoms in total. The lowest BCUT2D eigenvalue weighted by molar-refractivity contribution is -0.116. The van der Waals surface area contributed by atoms with Crippen molar-refractivity contribution < 1.29 is 4.79 Å². The van der Waals surface area contributed by atoms with Crippen LogP contribution in [0, 0.1) is 0 Å². The molecular weight excluding hydrogens is 138 g/mol. The van der Waals surface area contributed by atoms with Crippen LogP contribution in [-0.2, 0) is 4.79 Å². The van der Waals surface area contributed by atoms with Gasteiger partial charge in [-0.15, -0.1) is 0 Å². The van der Waals surface area contributed by atoms with Gasteiger partial charge < -0.3 is 5.32 Å². The second kappa shape index (κ2) is 4.72. The van der Waals surface area contributed by atoms with Crippen molar-refractivity contribution in [1.82, 2.24) is 5.32 Å². The fourth-order valence-electron chi connectivity index (χ4n) is 0.771. The van der Waals surface area contributed by atoms with Crippen molar-refractivity contribution in [2.24, 2.45) is 0 Å². The number of nitrogens with one attached hydrogen (secondary N) is 1. The van der Waals surface area contributed by atoms with Gasteiger partial charge >= 0.3 is 0 Å². The van der Waals surface area contributed by atoms with Gasteiger partial charge in [-0.1, -0.05) is 17.7 Å². The molecule has 0 saturated carbocycles. The normalized spacial score (nSPS) is 9.82. The Balaban J connectivity index is 4.63. The molecule has 0 fully saturated rings. The van der Waals surface area contributed by atoms with Crippen molar-refractivity contribution in [2.45, 2.75) is 20.8 Å². The Bertz CT molecular complexity index is 198. The Morgan fingerprint density at radius 1 is 1.36 bits per heavy atom. The van der Waals surface area contributed by atoms with E-state index in [1.54, 1.807) is 7.05 Å². The average molecular weight is 153 g/mol. The van der Waals surface area contributed by atoms with Crippen LogP contribution in [0.15, 0.2) is 23.3 Å². The molecule has 2 heteroatoms. The zero-order valence-corrected chi connectivity index (χ0v) is 7.56. The van der Waals surface area contributed by atoms with Crippen molar-refractivity contribution in [3.8, 4) is 0 Å². The summed E-state index contributed by atoms with van der Waals surface area (Å²) in [5.74, 6) is -0.0249. The van der Waals surface area contributed by atoms with E-state index in [1.807, 2.05) is 32.9 Å². The molecule has 1 amide bonds. The van der Waals surface area contributed by atoms with Gasteiger partial charge in [0.1, 0.15) is 0 Å². The molecule has 0 aliphatic heterocycles. The van der Waals surface area contributed by atoms with Crippen LogP contribution in [-0.4, -0.2) is 13.0 Å². The van der Waals surface area contributed by atoms with Gasteiger partial charge in [0.15, 0.2) is 0 Å². The maximum atomic E-state index is 11.1. The number of carbonyl (C=O) groups is 1. The van der Waals surface area contributed by atoms with Gasteiger partial charge in [-0.3, -0.25) is 4.79 Å². The second-order valence-corrected chi connectivity index (χ2v) is 2.49. The third kappa shape index (κ3) is 3.03. The predicted molar refractivity (Wildman–Crippen MR) is 47.3 cm³/mol. The molecule has 62 valence electrons. The van der Waals surface area contributed by atoms with Crippen molar-refractivity contribution in [1.29, 1.82) is 0 Å². The van der Waals surface area contributed by atoms with Gasteiger partial charge in [-0.25, -0.2) is 0 Å². The number of carbonyl (C=O) groups excluding carboxylic acids is 1. The van der Waals surface area contributed by atoms with Crippen molar-refractivity contribution in [3.05, 3.63) is 23.3 Å². The number of hydrogen-bond donors (Lipinski definition) is 1. The zero-order valence-electron chi connectivity index (χ0n) is 7.56. The van der Waals surface area contributed by atoms with Crippen molar-refractivity contribution in [2.75, 3.05) is 7.05 Å². The Morgan fingerprint density at radius 3 is 2.18 bits per heavy atom. The summed E-state index contributed by atoms with van der Waals surface area (Å²) in [6.07, 6.45) is 3.67. The monoisotopic (exact) mass is 153 g/mol. The molecule has 1 N–H and O–H groups in total. The minimum atomic E-state index is -0.0249. The average Bonchev–Trinajstić information content (AvgIpc) is 1.98. The summed E-state index contributed by atoms with van der Waals surface area (Å²) >= 11 is 0. The van der Waals surface area contributed by atoms with E-state index in [0.717, 1.165) is 11.1 Å². The summed E-state index contributed by atoms with van der Waals surface area (Å²) in [6.45, 7) is 5.74. The van der Waals surface area contributed by atoms with Crippen molar-refractivity contribution >= 4 is 5.91 Å². The van der Waals surface area contributed by atoms with Crippen LogP contribution in [0.2, 0.25) is 0 Å². The van der Waals surface area contributed by atoms with Gasteiger partial charge in [-0.05, 0) is 20.8 Å². The minimum Gasteiger partial charge on any atom is -0.355 e. The van der Waals surface area contributed by atoms with Gasteiger partial charge in [0.25, 0.3) is 5.91 Å². The number of rotatable bonds is 2. The van der Waals surface area contributed by atoms with E-state index in [0.29, 0.717) is 0 Å². The van der Waals surface area contributed by atoms with Gasteiger partial charge in [0, 0.05) is 12.6 Å². The molecule has 0 aliphatic rings. The Kier molecular flexibility index (Phi) is 4.27. The molecule has 0 spiro atoms. The molecule has 0 rings (SSSR count). The lowest BCUT2D eigenvalue weighted by Gasteiger charge is -2.01. The first-order valence-electron chi connectivity index (χ1n) is 3.65. The van der Waals surface area contributed by atoms with Crippen molar-refractivity contribution in [3.63, 3.8) is 0 Å². The smallest absolute Gasteiger partial charge is 0.250 e. The molecule has 0 bridgehead atoms. The molecule has 0 aliphatic carbocycles. The van der Waals surface area contributed by atoms with Crippen LogP contribution in [0.3, 0.4) is 0 Å². The third-order valence-corrected chi connectivity index (χ3v) is 1.34. The van der Waals surface area contributed by atoms with Crippen LogP contribution in [0.5, 0.6) is 0 Å². The molecule has 0 heterocycles. The number of allylic oxidation sites excluding steroid dienone is 2. The first kappa shape index (κ1) is 9.95. The van der Waals surface area contributed by atoms with Gasteiger partial charge in [0.2, 0.25) is 0 Å². The van der Waals surface area contributed by atoms with Crippen LogP contribution in [0.1, 0.15) is 20.8 Å². The van der Waals surface area contributed by atoms with E-state index >= 15 is 0 Å². The Hall–Kier alpha value is -1.05. The maximum Gasteiger partial charge on any atom is 0.250 e. The summed E-state index contributed by atoms with van der Waals surface area (Å²) in [5.41, 5.74) is 1.78. The fraction of sp³-hybridized carbons (Fsp3) is 0.444. The fourth-order valence-corrected chi connectivity index (χ4v) is 0.771. The van der Waals surface area contributed by atoms with E-state index in [1.165, 1.54) is 0 Å². The number of hydrogen-bond acceptors (Lipinski definition) is 1. The summed E-state index contributed by atoms with van der Waals surface area (Å²) in [4.78, 5) is 11.1. The van der Waals surface area contributed by atoms with Crippen LogP contribution < -0.4 is 5.32 Å². The SMILES string of the molecule is CC=CC(C(=O)NC)=C(C)C. The summed E-state index contributed by atoms with van der Waals surface area (Å²) in [5, 5.41) is 2.58. The third-order valence-electron chi connectivity index (χ3n) is 1.34. The highest BCUT2D eigenvalue weighted by Crippen LogP contribution is 2.04. The van der Waals surface area contributed by atoms with Gasteiger partial charge in [0.05, 0.1) is 0 Å². The first-order valence-corrected chi connectivity index (χ1v) is 3.65. The van der Waals surface area contributed by atoms with Gasteiger partial charge in [-0.2, -0.15) is 0 Å². The highest BCUT2D eigenvalue weighted by atomic mass is 16.1. The lowest BCUT2D eigenvalue weighted by atomic mass is 10.1. The number of likely N-dealkylation sites (N-methyl/N-ethyl adjacent to an activating group) is 1. The quantitative estimate of drug-likeness (QED) is 0.474. The number of amides is 1. The highest BCUT2D eigenvalue weighted by molar-refractivity contribution is 5.96. The predicted octanol–water partition coefficient (Wildman–Crippen LogP) is 1.64. The molecule has 0 saturated heterocycles. The molecule has 0 aromatic rings. The highest BCUT2D eigenvalue weighted by Gasteiger charge is 2.03. The van der Waals surface area contributed by atoms with E-state index in [2.05, 4.69) is 5.32 Å². The van der Waals surface area contributed by atoms with Crippen LogP contribution in [0.4, 0.5) is 0 Å². The first-order chi connectivity index (χ1) is 5.13. The Labute approximate surface area is 68.0 Å². The molecule has 0 radical (unpaired) electrons. The zero-order chi connectivity index (χ0) is 8.85. The van der Waals surface area contributed by atoms with E-state index in [9.17, 15) is 4.79 Å². The standard InChI is InChI=1S/C9H15NO/c1-5-6-8(7(2)3)9(11)10-4/h5-6H,1-4H3,(H,10,11). The van der Waals surface area contributed by atoms with E-state index in [-0.39, 0.29) is 5.91 Å². The summed E-state index contributed by atoms with van der Waals surface area (Å²) in [7, 11) is 1.63. The lowest BCUT2D eigenvalue weighted by Crippen LogP contribution is -2.19. The molecule has 0 aromatic heterocycles. The molecule has 0 atom stereocenters. The molecule has 0 unspecified atom stereocenters. The maximum absolute atomic E-state index is 11.1. The van der Waals surface area contributed by atoms with Crippen LogP contribution in [0.25, 0.3) is 0 Å².